The number of halogens is 2. The second-order valence-electron chi connectivity index (χ2n) is 5.92. The molecule has 1 aliphatic heterocycles. The van der Waals surface area contributed by atoms with Crippen LogP contribution in [0.4, 0.5) is 10.5 Å². The van der Waals surface area contributed by atoms with Crippen molar-refractivity contribution in [2.24, 2.45) is 0 Å². The third-order valence-corrected chi connectivity index (χ3v) is 3.68. The Morgan fingerprint density at radius 1 is 1.38 bits per heavy atom. The lowest BCUT2D eigenvalue weighted by Crippen LogP contribution is -2.46. The second-order valence-corrected chi connectivity index (χ2v) is 7.57. The molecule has 0 saturated heterocycles. The zero-order valence-electron chi connectivity index (χ0n) is 13.3. The van der Waals surface area contributed by atoms with Gasteiger partial charge in [-0.2, -0.15) is 0 Å². The van der Waals surface area contributed by atoms with Crippen LogP contribution in [0.3, 0.4) is 0 Å². The predicted molar refractivity (Wildman–Crippen MR) is 98.3 cm³/mol. The molecule has 1 unspecified atom stereocenters. The molecule has 1 aliphatic rings. The van der Waals surface area contributed by atoms with E-state index in [0.29, 0.717) is 10.7 Å². The second kappa shape index (κ2) is 7.47. The van der Waals surface area contributed by atoms with Crippen molar-refractivity contribution in [2.75, 3.05) is 5.32 Å². The molecule has 3 N–H and O–H groups in total. The molecule has 1 aromatic carbocycles. The Morgan fingerprint density at radius 3 is 2.75 bits per heavy atom. The molecule has 2 amide bonds. The molecule has 0 radical (unpaired) electrons. The summed E-state index contributed by atoms with van der Waals surface area (Å²) in [4.78, 5) is 23.9. The van der Waals surface area contributed by atoms with Gasteiger partial charge in [0.15, 0.2) is 0 Å². The van der Waals surface area contributed by atoms with Crippen LogP contribution in [0.15, 0.2) is 30.2 Å². The van der Waals surface area contributed by atoms with Crippen LogP contribution in [0.1, 0.15) is 20.8 Å². The van der Waals surface area contributed by atoms with Gasteiger partial charge >= 0.3 is 6.09 Å². The highest BCUT2D eigenvalue weighted by molar-refractivity contribution is 14.1. The van der Waals surface area contributed by atoms with E-state index < -0.39 is 24.0 Å². The summed E-state index contributed by atoms with van der Waals surface area (Å²) in [6, 6.07) is 5.27. The van der Waals surface area contributed by atoms with E-state index >= 15 is 0 Å². The molecule has 0 spiro atoms. The molecule has 2 rings (SSSR count). The Balaban J connectivity index is 1.89. The molecule has 7 nitrogen and oxygen atoms in total. The van der Waals surface area contributed by atoms with Gasteiger partial charge < -0.3 is 20.1 Å². The molecule has 1 atom stereocenters. The summed E-state index contributed by atoms with van der Waals surface area (Å²) in [5, 5.41) is 8.28. The van der Waals surface area contributed by atoms with Gasteiger partial charge in [-0.05, 0) is 61.6 Å². The average molecular weight is 466 g/mol. The first kappa shape index (κ1) is 18.7. The number of ether oxygens (including phenoxy) is 2. The Bertz CT molecular complexity index is 688. The fraction of sp³-hybridized carbons (Fsp3) is 0.333. The lowest BCUT2D eigenvalue weighted by molar-refractivity contribution is -0.113. The molecular formula is C15H17ClIN3O4. The number of hydrogen-bond acceptors (Lipinski definition) is 5. The molecule has 1 heterocycles. The molecule has 9 heteroatoms. The molecule has 0 fully saturated rings. The maximum absolute atomic E-state index is 12.2. The molecule has 130 valence electrons. The van der Waals surface area contributed by atoms with Crippen LogP contribution in [-0.2, 0) is 14.3 Å². The SMILES string of the molecule is CC(C)(C)OC(=O)NC1NC(C(=O)Nc2cc(I)ccc2Cl)=CO1. The van der Waals surface area contributed by atoms with E-state index in [2.05, 4.69) is 38.5 Å². The fourth-order valence-corrected chi connectivity index (χ4v) is 2.39. The minimum Gasteiger partial charge on any atom is -0.458 e. The number of carbonyl (C=O) groups excluding carboxylic acids is 2. The van der Waals surface area contributed by atoms with Gasteiger partial charge in [0.05, 0.1) is 10.7 Å². The Labute approximate surface area is 158 Å². The number of benzene rings is 1. The van der Waals surface area contributed by atoms with E-state index in [0.717, 1.165) is 3.57 Å². The third kappa shape index (κ3) is 5.45. The van der Waals surface area contributed by atoms with E-state index in [1.165, 1.54) is 6.26 Å². The van der Waals surface area contributed by atoms with Crippen LogP contribution in [0.2, 0.25) is 5.02 Å². The summed E-state index contributed by atoms with van der Waals surface area (Å²) in [5.41, 5.74) is 0.0168. The number of hydrogen-bond donors (Lipinski definition) is 3. The number of amides is 2. The molecule has 1 aromatic rings. The van der Waals surface area contributed by atoms with Gasteiger partial charge in [-0.3, -0.25) is 10.1 Å². The van der Waals surface area contributed by atoms with Crippen molar-refractivity contribution < 1.29 is 19.1 Å². The van der Waals surface area contributed by atoms with E-state index in [1.807, 2.05) is 6.07 Å². The van der Waals surface area contributed by atoms with Crippen molar-refractivity contribution >= 4 is 51.9 Å². The van der Waals surface area contributed by atoms with Crippen molar-refractivity contribution in [3.8, 4) is 0 Å². The molecule has 0 aliphatic carbocycles. The summed E-state index contributed by atoms with van der Waals surface area (Å²) >= 11 is 8.16. The molecule has 0 aromatic heterocycles. The van der Waals surface area contributed by atoms with Gasteiger partial charge in [-0.25, -0.2) is 4.79 Å². The Hall–Kier alpha value is -1.68. The van der Waals surface area contributed by atoms with Crippen LogP contribution in [-0.4, -0.2) is 24.0 Å². The number of carbonyl (C=O) groups is 2. The van der Waals surface area contributed by atoms with Gasteiger partial charge in [0, 0.05) is 3.57 Å². The monoisotopic (exact) mass is 465 g/mol. The van der Waals surface area contributed by atoms with Gasteiger partial charge in [-0.15, -0.1) is 0 Å². The largest absolute Gasteiger partial charge is 0.458 e. The molecule has 24 heavy (non-hydrogen) atoms. The highest BCUT2D eigenvalue weighted by Crippen LogP contribution is 2.24. The minimum atomic E-state index is -0.882. The van der Waals surface area contributed by atoms with E-state index in [4.69, 9.17) is 21.1 Å². The maximum atomic E-state index is 12.2. The van der Waals surface area contributed by atoms with Gasteiger partial charge in [-0.1, -0.05) is 11.6 Å². The van der Waals surface area contributed by atoms with Crippen LogP contribution >= 0.6 is 34.2 Å². The lowest BCUT2D eigenvalue weighted by Gasteiger charge is -2.21. The highest BCUT2D eigenvalue weighted by Gasteiger charge is 2.26. The van der Waals surface area contributed by atoms with Crippen LogP contribution < -0.4 is 16.0 Å². The zero-order valence-corrected chi connectivity index (χ0v) is 16.2. The van der Waals surface area contributed by atoms with E-state index in [9.17, 15) is 9.59 Å². The normalized spacial score (nSPS) is 16.5. The van der Waals surface area contributed by atoms with Crippen molar-refractivity contribution in [3.05, 3.63) is 38.8 Å². The smallest absolute Gasteiger partial charge is 0.411 e. The Kier molecular flexibility index (Phi) is 5.81. The number of alkyl carbamates (subject to hydrolysis) is 1. The predicted octanol–water partition coefficient (Wildman–Crippen LogP) is 3.15. The van der Waals surface area contributed by atoms with Gasteiger partial charge in [0.2, 0.25) is 0 Å². The van der Waals surface area contributed by atoms with E-state index in [1.54, 1.807) is 32.9 Å². The minimum absolute atomic E-state index is 0.158. The van der Waals surface area contributed by atoms with Gasteiger partial charge in [0.25, 0.3) is 12.3 Å². The van der Waals surface area contributed by atoms with Crippen molar-refractivity contribution in [2.45, 2.75) is 32.7 Å². The zero-order chi connectivity index (χ0) is 17.9. The first-order valence-corrected chi connectivity index (χ1v) is 8.48. The Morgan fingerprint density at radius 2 is 2.08 bits per heavy atom. The topological polar surface area (TPSA) is 88.7 Å². The van der Waals surface area contributed by atoms with Gasteiger partial charge in [0.1, 0.15) is 17.6 Å². The summed E-state index contributed by atoms with van der Waals surface area (Å²) in [6.07, 6.45) is -0.318. The summed E-state index contributed by atoms with van der Waals surface area (Å²) in [7, 11) is 0. The third-order valence-electron chi connectivity index (χ3n) is 2.68. The summed E-state index contributed by atoms with van der Waals surface area (Å²) in [5.74, 6) is -0.438. The quantitative estimate of drug-likeness (QED) is 0.597. The van der Waals surface area contributed by atoms with E-state index in [-0.39, 0.29) is 5.70 Å². The fourth-order valence-electron chi connectivity index (χ4n) is 1.73. The maximum Gasteiger partial charge on any atom is 0.411 e. The number of anilines is 1. The van der Waals surface area contributed by atoms with Crippen LogP contribution in [0, 0.1) is 3.57 Å². The summed E-state index contributed by atoms with van der Waals surface area (Å²) in [6.45, 7) is 5.24. The van der Waals surface area contributed by atoms with Crippen LogP contribution in [0.5, 0.6) is 0 Å². The number of nitrogens with one attached hydrogen (secondary N) is 3. The lowest BCUT2D eigenvalue weighted by atomic mass is 10.2. The first-order chi connectivity index (χ1) is 11.1. The van der Waals surface area contributed by atoms with Crippen molar-refractivity contribution in [1.82, 2.24) is 10.6 Å². The highest BCUT2D eigenvalue weighted by atomic mass is 127. The first-order valence-electron chi connectivity index (χ1n) is 7.02. The number of rotatable bonds is 3. The van der Waals surface area contributed by atoms with Crippen LogP contribution in [0.25, 0.3) is 0 Å². The van der Waals surface area contributed by atoms with Crippen molar-refractivity contribution in [3.63, 3.8) is 0 Å². The summed E-state index contributed by atoms with van der Waals surface area (Å²) < 4.78 is 11.2. The standard InChI is InChI=1S/C15H17ClIN3O4/c1-15(2,3)24-14(22)20-13-19-11(7-23-13)12(21)18-10-6-8(17)4-5-9(10)16/h4-7,13,19H,1-3H3,(H,18,21)(H,20,22). The molecule has 0 bridgehead atoms. The average Bonchev–Trinajstić information content (AvgIpc) is 2.89. The molecule has 0 saturated carbocycles. The van der Waals surface area contributed by atoms with Crippen molar-refractivity contribution in [1.29, 1.82) is 0 Å². The molecular weight excluding hydrogens is 449 g/mol.